The average Bonchev–Trinajstić information content (AvgIpc) is 2.71. The molecule has 0 saturated carbocycles. The molecule has 2 heterocycles. The van der Waals surface area contributed by atoms with Crippen LogP contribution in [0.5, 0.6) is 0 Å². The zero-order valence-electron chi connectivity index (χ0n) is 7.05. The molecule has 1 saturated heterocycles. The third kappa shape index (κ3) is 1.58. The quantitative estimate of drug-likeness (QED) is 0.584. The molecule has 0 radical (unpaired) electrons. The highest BCUT2D eigenvalue weighted by Crippen LogP contribution is 2.30. The Balaban J connectivity index is 2.05. The lowest BCUT2D eigenvalue weighted by atomic mass is 10.1. The molecule has 0 amide bonds. The molecule has 1 aliphatic heterocycles. The topological polar surface area (TPSA) is 78.4 Å². The summed E-state index contributed by atoms with van der Waals surface area (Å²) in [6.07, 6.45) is 2.53. The Kier molecular flexibility index (Phi) is 2.30. The van der Waals surface area contributed by atoms with Crippen molar-refractivity contribution in [2.24, 2.45) is 0 Å². The Morgan fingerprint density at radius 1 is 1.69 bits per heavy atom. The number of rotatable bonds is 2. The molecule has 2 rings (SSSR count). The smallest absolute Gasteiger partial charge is 0.135 e. The van der Waals surface area contributed by atoms with Gasteiger partial charge in [-0.2, -0.15) is 0 Å². The molecule has 1 aromatic heterocycles. The minimum Gasteiger partial charge on any atom is -0.394 e. The molecule has 3 atom stereocenters. The van der Waals surface area contributed by atoms with Crippen LogP contribution in [-0.4, -0.2) is 39.0 Å². The number of aromatic nitrogens is 2. The summed E-state index contributed by atoms with van der Waals surface area (Å²) < 4.78 is 5.37. The van der Waals surface area contributed by atoms with Crippen molar-refractivity contribution >= 4 is 0 Å². The minimum atomic E-state index is -0.597. The molecule has 0 bridgehead atoms. The first kappa shape index (κ1) is 8.68. The van der Waals surface area contributed by atoms with Crippen LogP contribution in [0.2, 0.25) is 0 Å². The largest absolute Gasteiger partial charge is 0.394 e. The predicted octanol–water partition coefficient (Wildman–Crippen LogP) is -0.407. The second kappa shape index (κ2) is 3.45. The van der Waals surface area contributed by atoms with Gasteiger partial charge in [-0.3, -0.25) is 0 Å². The Hall–Kier alpha value is -0.910. The second-order valence-corrected chi connectivity index (χ2v) is 3.12. The number of imidazole rings is 1. The fourth-order valence-corrected chi connectivity index (χ4v) is 1.52. The molecule has 3 N–H and O–H groups in total. The Morgan fingerprint density at radius 3 is 3.08 bits per heavy atom. The Morgan fingerprint density at radius 2 is 2.54 bits per heavy atom. The number of hydrogen-bond acceptors (Lipinski definition) is 4. The van der Waals surface area contributed by atoms with Gasteiger partial charge in [0, 0.05) is 18.8 Å². The number of aliphatic hydroxyl groups is 2. The van der Waals surface area contributed by atoms with Crippen LogP contribution in [0.4, 0.5) is 0 Å². The van der Waals surface area contributed by atoms with Crippen molar-refractivity contribution in [2.45, 2.75) is 24.7 Å². The van der Waals surface area contributed by atoms with E-state index in [2.05, 4.69) is 9.97 Å². The van der Waals surface area contributed by atoms with Crippen molar-refractivity contribution in [3.63, 3.8) is 0 Å². The standard InChI is InChI=1S/C8H12N2O3/c11-4-7-5(12)3-6(13-7)8-9-1-2-10-8/h1-2,5-7,11-12H,3-4H2,(H,9,10)/t5-,6+,7+/m0/s1. The molecular formula is C8H12N2O3. The predicted molar refractivity (Wildman–Crippen MR) is 43.9 cm³/mol. The highest BCUT2D eigenvalue weighted by atomic mass is 16.5. The number of hydrogen-bond donors (Lipinski definition) is 3. The molecule has 1 aromatic rings. The van der Waals surface area contributed by atoms with Gasteiger partial charge in [0.2, 0.25) is 0 Å². The van der Waals surface area contributed by atoms with E-state index in [-0.39, 0.29) is 12.7 Å². The van der Waals surface area contributed by atoms with Crippen molar-refractivity contribution < 1.29 is 14.9 Å². The van der Waals surface area contributed by atoms with Crippen LogP contribution in [0.1, 0.15) is 18.3 Å². The summed E-state index contributed by atoms with van der Waals surface area (Å²) in [5.74, 6) is 0.704. The molecule has 0 spiro atoms. The normalized spacial score (nSPS) is 33.8. The molecule has 0 unspecified atom stereocenters. The van der Waals surface area contributed by atoms with E-state index in [9.17, 15) is 5.11 Å². The number of nitrogens with zero attached hydrogens (tertiary/aromatic N) is 1. The zero-order valence-corrected chi connectivity index (χ0v) is 7.05. The minimum absolute atomic E-state index is 0.154. The number of aliphatic hydroxyl groups excluding tert-OH is 2. The van der Waals surface area contributed by atoms with Gasteiger partial charge in [-0.25, -0.2) is 4.98 Å². The van der Waals surface area contributed by atoms with Crippen molar-refractivity contribution in [3.8, 4) is 0 Å². The lowest BCUT2D eigenvalue weighted by molar-refractivity contribution is -0.0245. The number of aromatic amines is 1. The zero-order chi connectivity index (χ0) is 9.26. The molecule has 1 fully saturated rings. The summed E-state index contributed by atoms with van der Waals surface area (Å²) in [7, 11) is 0. The second-order valence-electron chi connectivity index (χ2n) is 3.12. The van der Waals surface area contributed by atoms with Gasteiger partial charge in [0.15, 0.2) is 0 Å². The van der Waals surface area contributed by atoms with Crippen LogP contribution in [0.3, 0.4) is 0 Å². The molecule has 5 heteroatoms. The lowest BCUT2D eigenvalue weighted by Crippen LogP contribution is -2.24. The van der Waals surface area contributed by atoms with E-state index in [1.165, 1.54) is 0 Å². The first-order chi connectivity index (χ1) is 6.31. The van der Waals surface area contributed by atoms with Gasteiger partial charge in [0.05, 0.1) is 12.7 Å². The fourth-order valence-electron chi connectivity index (χ4n) is 1.52. The van der Waals surface area contributed by atoms with Gasteiger partial charge < -0.3 is 19.9 Å². The summed E-state index contributed by atoms with van der Waals surface area (Å²) in [5.41, 5.74) is 0. The van der Waals surface area contributed by atoms with Crippen LogP contribution in [0.15, 0.2) is 12.4 Å². The Bertz CT molecular complexity index is 262. The summed E-state index contributed by atoms with van der Waals surface area (Å²) in [5, 5.41) is 18.3. The van der Waals surface area contributed by atoms with Gasteiger partial charge in [-0.1, -0.05) is 0 Å². The number of H-pyrrole nitrogens is 1. The van der Waals surface area contributed by atoms with Crippen LogP contribution in [0, 0.1) is 0 Å². The van der Waals surface area contributed by atoms with Gasteiger partial charge in [0.25, 0.3) is 0 Å². The number of ether oxygens (including phenoxy) is 1. The molecular weight excluding hydrogens is 172 g/mol. The van der Waals surface area contributed by atoms with E-state index in [1.807, 2.05) is 0 Å². The summed E-state index contributed by atoms with van der Waals surface area (Å²) in [6, 6.07) is 0. The van der Waals surface area contributed by atoms with Crippen molar-refractivity contribution in [2.75, 3.05) is 6.61 Å². The molecule has 5 nitrogen and oxygen atoms in total. The van der Waals surface area contributed by atoms with Gasteiger partial charge in [-0.05, 0) is 0 Å². The molecule has 0 aromatic carbocycles. The first-order valence-corrected chi connectivity index (χ1v) is 4.25. The monoisotopic (exact) mass is 184 g/mol. The van der Waals surface area contributed by atoms with Crippen LogP contribution in [0.25, 0.3) is 0 Å². The molecule has 13 heavy (non-hydrogen) atoms. The van der Waals surface area contributed by atoms with Crippen LogP contribution in [-0.2, 0) is 4.74 Å². The number of nitrogens with one attached hydrogen (secondary N) is 1. The maximum Gasteiger partial charge on any atom is 0.135 e. The van der Waals surface area contributed by atoms with Crippen LogP contribution < -0.4 is 0 Å². The van der Waals surface area contributed by atoms with Crippen LogP contribution >= 0.6 is 0 Å². The Labute approximate surface area is 75.4 Å². The van der Waals surface area contributed by atoms with E-state index in [0.717, 1.165) is 0 Å². The van der Waals surface area contributed by atoms with Gasteiger partial charge in [-0.15, -0.1) is 0 Å². The maximum atomic E-state index is 9.43. The summed E-state index contributed by atoms with van der Waals surface area (Å²) in [4.78, 5) is 6.94. The van der Waals surface area contributed by atoms with Gasteiger partial charge in [0.1, 0.15) is 18.0 Å². The van der Waals surface area contributed by atoms with E-state index in [0.29, 0.717) is 12.2 Å². The van der Waals surface area contributed by atoms with Crippen molar-refractivity contribution in [1.29, 1.82) is 0 Å². The fraction of sp³-hybridized carbons (Fsp3) is 0.625. The van der Waals surface area contributed by atoms with Crippen molar-refractivity contribution in [3.05, 3.63) is 18.2 Å². The average molecular weight is 184 g/mol. The summed E-state index contributed by atoms with van der Waals surface area (Å²) >= 11 is 0. The van der Waals surface area contributed by atoms with E-state index in [1.54, 1.807) is 12.4 Å². The lowest BCUT2D eigenvalue weighted by Gasteiger charge is -2.09. The van der Waals surface area contributed by atoms with Crippen molar-refractivity contribution in [1.82, 2.24) is 9.97 Å². The third-order valence-electron chi connectivity index (χ3n) is 2.23. The molecule has 72 valence electrons. The van der Waals surface area contributed by atoms with E-state index < -0.39 is 12.2 Å². The SMILES string of the molecule is OC[C@H]1O[C@@H](c2ncc[nH]2)C[C@@H]1O. The highest BCUT2D eigenvalue weighted by Gasteiger charge is 2.35. The van der Waals surface area contributed by atoms with Gasteiger partial charge >= 0.3 is 0 Å². The summed E-state index contributed by atoms with van der Waals surface area (Å²) in [6.45, 7) is -0.154. The molecule has 0 aliphatic carbocycles. The maximum absolute atomic E-state index is 9.43. The molecule has 1 aliphatic rings. The van der Waals surface area contributed by atoms with E-state index >= 15 is 0 Å². The third-order valence-corrected chi connectivity index (χ3v) is 2.23. The van der Waals surface area contributed by atoms with E-state index in [4.69, 9.17) is 9.84 Å². The highest BCUT2D eigenvalue weighted by molar-refractivity contribution is 4.97. The first-order valence-electron chi connectivity index (χ1n) is 4.25.